The minimum absolute atomic E-state index is 0.0933. The lowest BCUT2D eigenvalue weighted by Crippen LogP contribution is -2.37. The molecule has 1 atom stereocenters. The molecule has 35 heavy (non-hydrogen) atoms. The summed E-state index contributed by atoms with van der Waals surface area (Å²) < 4.78 is 11.5. The number of phenols is 1. The molecule has 2 aromatic rings. The van der Waals surface area contributed by atoms with Crippen LogP contribution < -0.4 is 9.47 Å². The average molecular weight is 486 g/mol. The molecule has 0 spiro atoms. The molecule has 1 fully saturated rings. The van der Waals surface area contributed by atoms with Crippen molar-refractivity contribution in [1.82, 2.24) is 4.90 Å². The molecule has 2 aliphatic heterocycles. The molecule has 4 rings (SSSR count). The summed E-state index contributed by atoms with van der Waals surface area (Å²) in [5.41, 5.74) is 2.56. The third-order valence-electron chi connectivity index (χ3n) is 6.72. The molecule has 1 saturated heterocycles. The normalized spacial score (nSPS) is 19.5. The molecule has 2 aliphatic rings. The Kier molecular flexibility index (Phi) is 8.62. The molecule has 8 heteroatoms. The number of phenolic OH excluding ortho intramolecular Hbond substituents is 1. The third-order valence-corrected chi connectivity index (χ3v) is 6.72. The highest BCUT2D eigenvalue weighted by Gasteiger charge is 2.33. The smallest absolute Gasteiger partial charge is 0.414 e. The standard InChI is InChI=1S/C25H33NO3.C2H2O4/c1-25(2)17-20(21-6-4-5-7-23(21)29-25)12-15-26-13-10-18(11-14-26)19-8-9-22(27)24(16-19)28-3;3-1(4)2(5)6/h4-9,16,18,20,27H,10-15,17H2,1-3H3;(H,3,4)(H,5,6). The maximum atomic E-state index is 9.83. The zero-order valence-corrected chi connectivity index (χ0v) is 20.6. The minimum atomic E-state index is -1.82. The first kappa shape index (κ1) is 26.3. The van der Waals surface area contributed by atoms with Crippen LogP contribution in [0.15, 0.2) is 42.5 Å². The number of aromatic hydroxyl groups is 1. The van der Waals surface area contributed by atoms with Gasteiger partial charge >= 0.3 is 11.9 Å². The van der Waals surface area contributed by atoms with Crippen molar-refractivity contribution in [2.24, 2.45) is 0 Å². The Labute approximate surface area is 206 Å². The van der Waals surface area contributed by atoms with Crippen molar-refractivity contribution in [1.29, 1.82) is 0 Å². The highest BCUT2D eigenvalue weighted by atomic mass is 16.5. The predicted molar refractivity (Wildman–Crippen MR) is 131 cm³/mol. The Morgan fingerprint density at radius 2 is 1.74 bits per heavy atom. The lowest BCUT2D eigenvalue weighted by molar-refractivity contribution is -0.159. The lowest BCUT2D eigenvalue weighted by atomic mass is 9.82. The van der Waals surface area contributed by atoms with Crippen molar-refractivity contribution in [2.75, 3.05) is 26.7 Å². The van der Waals surface area contributed by atoms with Crippen molar-refractivity contribution in [3.8, 4) is 17.2 Å². The number of likely N-dealkylation sites (tertiary alicyclic amines) is 1. The van der Waals surface area contributed by atoms with Crippen LogP contribution in [0.1, 0.15) is 62.5 Å². The molecule has 0 aliphatic carbocycles. The maximum absolute atomic E-state index is 9.83. The Morgan fingerprint density at radius 3 is 2.37 bits per heavy atom. The number of rotatable bonds is 5. The van der Waals surface area contributed by atoms with Crippen LogP contribution in [0, 0.1) is 0 Å². The van der Waals surface area contributed by atoms with E-state index in [-0.39, 0.29) is 11.4 Å². The number of carboxylic acid groups (broad SMARTS) is 2. The van der Waals surface area contributed by atoms with E-state index in [0.29, 0.717) is 17.6 Å². The molecule has 8 nitrogen and oxygen atoms in total. The number of carbonyl (C=O) groups is 2. The summed E-state index contributed by atoms with van der Waals surface area (Å²) in [6.07, 6.45) is 4.57. The first-order valence-corrected chi connectivity index (χ1v) is 11.9. The van der Waals surface area contributed by atoms with Crippen LogP contribution in [0.5, 0.6) is 17.2 Å². The zero-order chi connectivity index (χ0) is 25.6. The van der Waals surface area contributed by atoms with Crippen molar-refractivity contribution < 1.29 is 34.4 Å². The number of aliphatic carboxylic acids is 2. The first-order valence-electron chi connectivity index (χ1n) is 11.9. The molecule has 0 aromatic heterocycles. The van der Waals surface area contributed by atoms with Crippen LogP contribution in [0.25, 0.3) is 0 Å². The van der Waals surface area contributed by atoms with Gasteiger partial charge in [0.2, 0.25) is 0 Å². The minimum Gasteiger partial charge on any atom is -0.504 e. The zero-order valence-electron chi connectivity index (χ0n) is 20.6. The second kappa shape index (κ2) is 11.4. The van der Waals surface area contributed by atoms with Gasteiger partial charge in [0, 0.05) is 0 Å². The van der Waals surface area contributed by atoms with Crippen LogP contribution in [0.3, 0.4) is 0 Å². The summed E-state index contributed by atoms with van der Waals surface area (Å²) in [6, 6.07) is 14.3. The number of carboxylic acids is 2. The summed E-state index contributed by atoms with van der Waals surface area (Å²) in [7, 11) is 1.61. The van der Waals surface area contributed by atoms with E-state index in [0.717, 1.165) is 44.6 Å². The van der Waals surface area contributed by atoms with E-state index in [1.807, 2.05) is 12.1 Å². The number of hydrogen-bond donors (Lipinski definition) is 3. The van der Waals surface area contributed by atoms with Crippen LogP contribution in [-0.2, 0) is 9.59 Å². The molecule has 1 unspecified atom stereocenters. The summed E-state index contributed by atoms with van der Waals surface area (Å²) in [5, 5.41) is 24.6. The average Bonchev–Trinajstić information content (AvgIpc) is 2.83. The summed E-state index contributed by atoms with van der Waals surface area (Å²) >= 11 is 0. The fourth-order valence-electron chi connectivity index (χ4n) is 4.99. The lowest BCUT2D eigenvalue weighted by Gasteiger charge is -2.39. The number of para-hydroxylation sites is 1. The highest BCUT2D eigenvalue weighted by molar-refractivity contribution is 6.27. The number of hydrogen-bond acceptors (Lipinski definition) is 6. The van der Waals surface area contributed by atoms with E-state index >= 15 is 0 Å². The van der Waals surface area contributed by atoms with Gasteiger partial charge in [0.1, 0.15) is 11.4 Å². The summed E-state index contributed by atoms with van der Waals surface area (Å²) in [6.45, 7) is 7.80. The fourth-order valence-corrected chi connectivity index (χ4v) is 4.99. The maximum Gasteiger partial charge on any atom is 0.414 e. The predicted octanol–water partition coefficient (Wildman–Crippen LogP) is 4.47. The Hall–Kier alpha value is -3.26. The summed E-state index contributed by atoms with van der Waals surface area (Å²) in [5.74, 6) is -0.685. The topological polar surface area (TPSA) is 117 Å². The summed E-state index contributed by atoms with van der Waals surface area (Å²) in [4.78, 5) is 20.8. The number of methoxy groups -OCH3 is 1. The van der Waals surface area contributed by atoms with Crippen molar-refractivity contribution in [3.05, 3.63) is 53.6 Å². The number of benzene rings is 2. The highest BCUT2D eigenvalue weighted by Crippen LogP contribution is 2.42. The molecule has 0 amide bonds. The second-order valence-electron chi connectivity index (χ2n) is 9.75. The SMILES string of the molecule is COc1cc(C2CCN(CCC3CC(C)(C)Oc4ccccc43)CC2)ccc1O.O=C(O)C(=O)O. The van der Waals surface area contributed by atoms with Gasteiger partial charge < -0.3 is 29.7 Å². The molecule has 0 radical (unpaired) electrons. The number of fused-ring (bicyclic) bond motifs is 1. The van der Waals surface area contributed by atoms with E-state index in [2.05, 4.69) is 43.0 Å². The van der Waals surface area contributed by atoms with Crippen molar-refractivity contribution >= 4 is 11.9 Å². The second-order valence-corrected chi connectivity index (χ2v) is 9.75. The van der Waals surface area contributed by atoms with Gasteiger partial charge in [0.25, 0.3) is 0 Å². The fraction of sp³-hybridized carbons (Fsp3) is 0.481. The van der Waals surface area contributed by atoms with E-state index in [9.17, 15) is 5.11 Å². The number of ether oxygens (including phenoxy) is 2. The molecular formula is C27H35NO7. The van der Waals surface area contributed by atoms with Crippen LogP contribution in [-0.4, -0.2) is 64.5 Å². The van der Waals surface area contributed by atoms with E-state index in [1.54, 1.807) is 13.2 Å². The monoisotopic (exact) mass is 485 g/mol. The molecule has 2 heterocycles. The van der Waals surface area contributed by atoms with Gasteiger partial charge in [-0.05, 0) is 100 Å². The number of nitrogens with zero attached hydrogens (tertiary/aromatic N) is 1. The Bertz CT molecular complexity index is 1020. The van der Waals surface area contributed by atoms with Crippen LogP contribution in [0.4, 0.5) is 0 Å². The Balaban J connectivity index is 0.000000509. The number of piperidine rings is 1. The van der Waals surface area contributed by atoms with Gasteiger partial charge in [-0.1, -0.05) is 24.3 Å². The molecule has 0 bridgehead atoms. The molecule has 190 valence electrons. The van der Waals surface area contributed by atoms with Gasteiger partial charge in [-0.15, -0.1) is 0 Å². The molecular weight excluding hydrogens is 450 g/mol. The van der Waals surface area contributed by atoms with Gasteiger partial charge in [0.05, 0.1) is 7.11 Å². The van der Waals surface area contributed by atoms with Gasteiger partial charge in [-0.3, -0.25) is 0 Å². The first-order chi connectivity index (χ1) is 16.6. The molecule has 2 aromatic carbocycles. The van der Waals surface area contributed by atoms with Gasteiger partial charge in [-0.2, -0.15) is 0 Å². The van der Waals surface area contributed by atoms with E-state index < -0.39 is 11.9 Å². The van der Waals surface area contributed by atoms with Crippen molar-refractivity contribution in [2.45, 2.75) is 57.0 Å². The van der Waals surface area contributed by atoms with Crippen LogP contribution >= 0.6 is 0 Å². The Morgan fingerprint density at radius 1 is 1.09 bits per heavy atom. The molecule has 0 saturated carbocycles. The van der Waals surface area contributed by atoms with Crippen molar-refractivity contribution in [3.63, 3.8) is 0 Å². The van der Waals surface area contributed by atoms with Gasteiger partial charge in [0.15, 0.2) is 11.5 Å². The largest absolute Gasteiger partial charge is 0.504 e. The quantitative estimate of drug-likeness (QED) is 0.531. The van der Waals surface area contributed by atoms with Crippen LogP contribution in [0.2, 0.25) is 0 Å². The van der Waals surface area contributed by atoms with E-state index in [1.165, 1.54) is 17.5 Å². The van der Waals surface area contributed by atoms with E-state index in [4.69, 9.17) is 29.3 Å². The third kappa shape index (κ3) is 7.11. The molecule has 3 N–H and O–H groups in total. The van der Waals surface area contributed by atoms with Gasteiger partial charge in [-0.25, -0.2) is 9.59 Å².